The van der Waals surface area contributed by atoms with Crippen LogP contribution in [-0.4, -0.2) is 15.7 Å². The van der Waals surface area contributed by atoms with Crippen LogP contribution in [0.3, 0.4) is 0 Å². The zero-order chi connectivity index (χ0) is 9.54. The lowest BCUT2D eigenvalue weighted by molar-refractivity contribution is 0.341. The van der Waals surface area contributed by atoms with E-state index in [9.17, 15) is 0 Å². The van der Waals surface area contributed by atoms with Gasteiger partial charge in [-0.2, -0.15) is 5.10 Å². The van der Waals surface area contributed by atoms with Crippen molar-refractivity contribution >= 4 is 5.52 Å². The summed E-state index contributed by atoms with van der Waals surface area (Å²) in [6.45, 7) is 0. The highest BCUT2D eigenvalue weighted by Crippen LogP contribution is 2.35. The highest BCUT2D eigenvalue weighted by molar-refractivity contribution is 5.46. The molecule has 72 valence electrons. The van der Waals surface area contributed by atoms with Crippen LogP contribution in [0.5, 0.6) is 0 Å². The van der Waals surface area contributed by atoms with Crippen LogP contribution in [0, 0.1) is 0 Å². The van der Waals surface area contributed by atoms with Crippen LogP contribution in [0.4, 0.5) is 0 Å². The van der Waals surface area contributed by atoms with Crippen molar-refractivity contribution in [3.8, 4) is 0 Å². The van der Waals surface area contributed by atoms with E-state index in [0.717, 1.165) is 12.8 Å². The summed E-state index contributed by atoms with van der Waals surface area (Å²) in [6, 6.07) is 8.75. The molecule has 14 heavy (non-hydrogen) atoms. The summed E-state index contributed by atoms with van der Waals surface area (Å²) in [7, 11) is 0. The second-order valence-electron chi connectivity index (χ2n) is 4.05. The van der Waals surface area contributed by atoms with Crippen LogP contribution < -0.4 is 5.73 Å². The number of aromatic nitrogens is 2. The first-order chi connectivity index (χ1) is 6.84. The van der Waals surface area contributed by atoms with Gasteiger partial charge in [-0.1, -0.05) is 6.07 Å². The van der Waals surface area contributed by atoms with Crippen molar-refractivity contribution in [2.45, 2.75) is 24.8 Å². The fraction of sp³-hybridized carbons (Fsp3) is 0.364. The molecular formula is C11H13N3. The first-order valence-corrected chi connectivity index (χ1v) is 5.03. The fourth-order valence-electron chi connectivity index (χ4n) is 2.18. The van der Waals surface area contributed by atoms with Crippen molar-refractivity contribution < 1.29 is 0 Å². The molecule has 0 unspecified atom stereocenters. The number of nitrogens with zero attached hydrogens (tertiary/aromatic N) is 2. The van der Waals surface area contributed by atoms with E-state index in [-0.39, 0.29) is 0 Å². The molecule has 0 aliphatic heterocycles. The van der Waals surface area contributed by atoms with Crippen LogP contribution >= 0.6 is 0 Å². The normalized spacial score (nSPS) is 26.4. The zero-order valence-electron chi connectivity index (χ0n) is 7.93. The van der Waals surface area contributed by atoms with Gasteiger partial charge in [0.25, 0.3) is 0 Å². The Morgan fingerprint density at radius 2 is 2.14 bits per heavy atom. The Balaban J connectivity index is 2.07. The molecule has 1 aliphatic carbocycles. The van der Waals surface area contributed by atoms with E-state index in [4.69, 9.17) is 5.73 Å². The summed E-state index contributed by atoms with van der Waals surface area (Å²) < 4.78 is 2.02. The number of pyridine rings is 1. The van der Waals surface area contributed by atoms with Crippen LogP contribution in [0.1, 0.15) is 24.5 Å². The van der Waals surface area contributed by atoms with E-state index in [1.54, 1.807) is 0 Å². The van der Waals surface area contributed by atoms with Gasteiger partial charge in [-0.25, -0.2) is 4.52 Å². The smallest absolute Gasteiger partial charge is 0.0664 e. The largest absolute Gasteiger partial charge is 0.328 e. The third-order valence-electron chi connectivity index (χ3n) is 3.04. The van der Waals surface area contributed by atoms with E-state index in [1.165, 1.54) is 11.2 Å². The number of nitrogens with two attached hydrogens (primary N) is 1. The summed E-state index contributed by atoms with van der Waals surface area (Å²) in [6.07, 6.45) is 4.04. The van der Waals surface area contributed by atoms with E-state index in [1.807, 2.05) is 16.8 Å². The van der Waals surface area contributed by atoms with Gasteiger partial charge in [-0.3, -0.25) is 0 Å². The maximum absolute atomic E-state index is 5.80. The molecule has 2 heterocycles. The lowest BCUT2D eigenvalue weighted by Gasteiger charge is -2.32. The molecular weight excluding hydrogens is 174 g/mol. The first-order valence-electron chi connectivity index (χ1n) is 5.03. The Morgan fingerprint density at radius 3 is 2.93 bits per heavy atom. The Bertz CT molecular complexity index is 454. The third kappa shape index (κ3) is 1.06. The molecule has 3 nitrogen and oxygen atoms in total. The van der Waals surface area contributed by atoms with Crippen LogP contribution in [0.15, 0.2) is 30.5 Å². The van der Waals surface area contributed by atoms with Crippen molar-refractivity contribution in [3.63, 3.8) is 0 Å². The molecule has 2 N–H and O–H groups in total. The Kier molecular flexibility index (Phi) is 1.61. The van der Waals surface area contributed by atoms with Crippen molar-refractivity contribution in [1.29, 1.82) is 0 Å². The second-order valence-corrected chi connectivity index (χ2v) is 4.05. The molecule has 0 bridgehead atoms. The molecule has 3 rings (SSSR count). The van der Waals surface area contributed by atoms with Gasteiger partial charge in [0.05, 0.1) is 5.52 Å². The molecule has 2 aromatic heterocycles. The van der Waals surface area contributed by atoms with Crippen molar-refractivity contribution in [2.75, 3.05) is 0 Å². The van der Waals surface area contributed by atoms with Gasteiger partial charge >= 0.3 is 0 Å². The van der Waals surface area contributed by atoms with E-state index < -0.39 is 0 Å². The Hall–Kier alpha value is -1.35. The molecule has 0 aromatic carbocycles. The third-order valence-corrected chi connectivity index (χ3v) is 3.04. The van der Waals surface area contributed by atoms with E-state index in [0.29, 0.717) is 12.0 Å². The van der Waals surface area contributed by atoms with Gasteiger partial charge in [0, 0.05) is 23.9 Å². The predicted octanol–water partition coefficient (Wildman–Crippen LogP) is 1.54. The minimum Gasteiger partial charge on any atom is -0.328 e. The SMILES string of the molecule is NC1CC(c2cccc3ccnn23)C1. The number of hydrogen-bond acceptors (Lipinski definition) is 2. The monoisotopic (exact) mass is 187 g/mol. The van der Waals surface area contributed by atoms with Gasteiger partial charge in [0.2, 0.25) is 0 Å². The summed E-state index contributed by atoms with van der Waals surface area (Å²) in [5.74, 6) is 0.605. The standard InChI is InChI=1S/C11H13N3/c12-9-6-8(7-9)11-3-1-2-10-4-5-13-14(10)11/h1-5,8-9H,6-7,12H2. The molecule has 1 aliphatic rings. The lowest BCUT2D eigenvalue weighted by Crippen LogP contribution is -2.35. The average molecular weight is 187 g/mol. The first kappa shape index (κ1) is 8.00. The molecule has 0 saturated heterocycles. The Morgan fingerprint density at radius 1 is 1.29 bits per heavy atom. The van der Waals surface area contributed by atoms with Crippen LogP contribution in [0.25, 0.3) is 5.52 Å². The number of fused-ring (bicyclic) bond motifs is 1. The molecule has 1 fully saturated rings. The summed E-state index contributed by atoms with van der Waals surface area (Å²) >= 11 is 0. The van der Waals surface area contributed by atoms with Gasteiger partial charge in [0.1, 0.15) is 0 Å². The molecule has 0 spiro atoms. The second kappa shape index (κ2) is 2.82. The van der Waals surface area contributed by atoms with Gasteiger partial charge in [0.15, 0.2) is 0 Å². The highest BCUT2D eigenvalue weighted by Gasteiger charge is 2.28. The van der Waals surface area contributed by atoms with Gasteiger partial charge < -0.3 is 5.73 Å². The molecule has 3 heteroatoms. The van der Waals surface area contributed by atoms with Crippen LogP contribution in [0.2, 0.25) is 0 Å². The fourth-order valence-corrected chi connectivity index (χ4v) is 2.18. The summed E-state index contributed by atoms with van der Waals surface area (Å²) in [5.41, 5.74) is 8.27. The maximum Gasteiger partial charge on any atom is 0.0664 e. The molecule has 0 amide bonds. The highest BCUT2D eigenvalue weighted by atomic mass is 15.2. The maximum atomic E-state index is 5.80. The average Bonchev–Trinajstić information content (AvgIpc) is 2.60. The quantitative estimate of drug-likeness (QED) is 0.736. The summed E-state index contributed by atoms with van der Waals surface area (Å²) in [4.78, 5) is 0. The predicted molar refractivity (Wildman–Crippen MR) is 55.1 cm³/mol. The number of hydrogen-bond donors (Lipinski definition) is 1. The summed E-state index contributed by atoms with van der Waals surface area (Å²) in [5, 5.41) is 4.32. The Labute approximate surface area is 82.5 Å². The topological polar surface area (TPSA) is 43.3 Å². The van der Waals surface area contributed by atoms with Crippen LogP contribution in [-0.2, 0) is 0 Å². The minimum atomic E-state index is 0.394. The molecule has 0 radical (unpaired) electrons. The molecule has 1 saturated carbocycles. The zero-order valence-corrected chi connectivity index (χ0v) is 7.93. The lowest BCUT2D eigenvalue weighted by atomic mass is 9.78. The van der Waals surface area contributed by atoms with Crippen molar-refractivity contribution in [1.82, 2.24) is 9.61 Å². The van der Waals surface area contributed by atoms with Gasteiger partial charge in [-0.15, -0.1) is 0 Å². The van der Waals surface area contributed by atoms with Crippen molar-refractivity contribution in [3.05, 3.63) is 36.2 Å². The van der Waals surface area contributed by atoms with Gasteiger partial charge in [-0.05, 0) is 31.0 Å². The molecule has 0 atom stereocenters. The number of rotatable bonds is 1. The minimum absolute atomic E-state index is 0.394. The van der Waals surface area contributed by atoms with E-state index in [2.05, 4.69) is 23.3 Å². The molecule has 2 aromatic rings. The van der Waals surface area contributed by atoms with Crippen molar-refractivity contribution in [2.24, 2.45) is 5.73 Å². The van der Waals surface area contributed by atoms with E-state index >= 15 is 0 Å².